The number of ether oxygens (including phenoxy) is 2. The van der Waals surface area contributed by atoms with Gasteiger partial charge in [-0.05, 0) is 19.3 Å². The Kier molecular flexibility index (Phi) is 8.01. The normalized spacial score (nSPS) is 17.1. The van der Waals surface area contributed by atoms with Crippen molar-refractivity contribution in [3.63, 3.8) is 0 Å². The summed E-state index contributed by atoms with van der Waals surface area (Å²) in [5, 5.41) is 0. The maximum absolute atomic E-state index is 11.5. The van der Waals surface area contributed by atoms with E-state index in [1.54, 1.807) is 0 Å². The van der Waals surface area contributed by atoms with Crippen molar-refractivity contribution in [2.45, 2.75) is 52.1 Å². The van der Waals surface area contributed by atoms with E-state index < -0.39 is 0 Å². The summed E-state index contributed by atoms with van der Waals surface area (Å²) in [6, 6.07) is 0. The fourth-order valence-electron chi connectivity index (χ4n) is 2.12. The van der Waals surface area contributed by atoms with E-state index >= 15 is 0 Å². The zero-order valence-corrected chi connectivity index (χ0v) is 11.8. The summed E-state index contributed by atoms with van der Waals surface area (Å²) >= 11 is 0. The van der Waals surface area contributed by atoms with E-state index in [4.69, 9.17) is 9.47 Å². The Labute approximate surface area is 111 Å². The Morgan fingerprint density at radius 1 is 1.17 bits per heavy atom. The van der Waals surface area contributed by atoms with Gasteiger partial charge in [-0.2, -0.15) is 0 Å². The SMILES string of the molecule is CCCCOCCOC1CCN(C(=O)CC)CC1. The van der Waals surface area contributed by atoms with Crippen molar-refractivity contribution < 1.29 is 14.3 Å². The van der Waals surface area contributed by atoms with E-state index in [0.717, 1.165) is 39.0 Å². The Balaban J connectivity index is 2.00. The molecule has 0 spiro atoms. The van der Waals surface area contributed by atoms with Gasteiger partial charge in [-0.1, -0.05) is 20.3 Å². The standard InChI is InChI=1S/C14H27NO3/c1-3-5-10-17-11-12-18-13-6-8-15(9-7-13)14(16)4-2/h13H,3-12H2,1-2H3. The number of rotatable bonds is 8. The van der Waals surface area contributed by atoms with Crippen molar-refractivity contribution in [1.29, 1.82) is 0 Å². The zero-order valence-electron chi connectivity index (χ0n) is 11.8. The second-order valence-electron chi connectivity index (χ2n) is 4.77. The second kappa shape index (κ2) is 9.34. The molecule has 0 aromatic rings. The molecule has 0 atom stereocenters. The van der Waals surface area contributed by atoms with Gasteiger partial charge in [0.25, 0.3) is 0 Å². The van der Waals surface area contributed by atoms with Crippen molar-refractivity contribution in [1.82, 2.24) is 4.90 Å². The van der Waals surface area contributed by atoms with E-state index in [-0.39, 0.29) is 5.91 Å². The topological polar surface area (TPSA) is 38.8 Å². The molecule has 1 rings (SSSR count). The smallest absolute Gasteiger partial charge is 0.222 e. The van der Waals surface area contributed by atoms with Crippen molar-refractivity contribution >= 4 is 5.91 Å². The van der Waals surface area contributed by atoms with Crippen molar-refractivity contribution in [3.8, 4) is 0 Å². The predicted molar refractivity (Wildman–Crippen MR) is 71.6 cm³/mol. The number of carbonyl (C=O) groups excluding carboxylic acids is 1. The number of hydrogen-bond donors (Lipinski definition) is 0. The second-order valence-corrected chi connectivity index (χ2v) is 4.77. The maximum atomic E-state index is 11.5. The largest absolute Gasteiger partial charge is 0.379 e. The third-order valence-corrected chi connectivity index (χ3v) is 3.32. The van der Waals surface area contributed by atoms with Gasteiger partial charge in [0.2, 0.25) is 5.91 Å². The van der Waals surface area contributed by atoms with Gasteiger partial charge in [0, 0.05) is 26.1 Å². The van der Waals surface area contributed by atoms with Gasteiger partial charge < -0.3 is 14.4 Å². The molecule has 1 saturated heterocycles. The first-order valence-electron chi connectivity index (χ1n) is 7.25. The van der Waals surface area contributed by atoms with Crippen LogP contribution in [0.3, 0.4) is 0 Å². The average molecular weight is 257 g/mol. The molecule has 1 aliphatic rings. The molecule has 18 heavy (non-hydrogen) atoms. The summed E-state index contributed by atoms with van der Waals surface area (Å²) in [6.45, 7) is 7.96. The number of likely N-dealkylation sites (tertiary alicyclic amines) is 1. The van der Waals surface area contributed by atoms with Gasteiger partial charge in [0.15, 0.2) is 0 Å². The van der Waals surface area contributed by atoms with Crippen LogP contribution in [0.2, 0.25) is 0 Å². The van der Waals surface area contributed by atoms with Crippen molar-refractivity contribution in [2.24, 2.45) is 0 Å². The van der Waals surface area contributed by atoms with Gasteiger partial charge in [0.1, 0.15) is 0 Å². The minimum absolute atomic E-state index is 0.261. The van der Waals surface area contributed by atoms with Crippen LogP contribution < -0.4 is 0 Å². The summed E-state index contributed by atoms with van der Waals surface area (Å²) in [6.07, 6.45) is 5.13. The molecule has 1 heterocycles. The lowest BCUT2D eigenvalue weighted by Gasteiger charge is -2.31. The molecular weight excluding hydrogens is 230 g/mol. The number of unbranched alkanes of at least 4 members (excludes halogenated alkanes) is 1. The highest BCUT2D eigenvalue weighted by atomic mass is 16.5. The van der Waals surface area contributed by atoms with Crippen LogP contribution in [0.25, 0.3) is 0 Å². The van der Waals surface area contributed by atoms with Gasteiger partial charge in [-0.15, -0.1) is 0 Å². The van der Waals surface area contributed by atoms with Crippen LogP contribution in [0.15, 0.2) is 0 Å². The first-order valence-corrected chi connectivity index (χ1v) is 7.25. The summed E-state index contributed by atoms with van der Waals surface area (Å²) < 4.78 is 11.2. The highest BCUT2D eigenvalue weighted by molar-refractivity contribution is 5.75. The molecule has 0 unspecified atom stereocenters. The van der Waals surface area contributed by atoms with E-state index in [1.807, 2.05) is 11.8 Å². The molecule has 1 amide bonds. The van der Waals surface area contributed by atoms with Crippen LogP contribution in [0.4, 0.5) is 0 Å². The quantitative estimate of drug-likeness (QED) is 0.626. The Morgan fingerprint density at radius 2 is 1.89 bits per heavy atom. The summed E-state index contributed by atoms with van der Waals surface area (Å²) in [4.78, 5) is 13.4. The number of carbonyl (C=O) groups is 1. The molecule has 4 heteroatoms. The van der Waals surface area contributed by atoms with Gasteiger partial charge in [-0.25, -0.2) is 0 Å². The molecular formula is C14H27NO3. The van der Waals surface area contributed by atoms with E-state index in [2.05, 4.69) is 6.92 Å². The van der Waals surface area contributed by atoms with Crippen LogP contribution in [-0.2, 0) is 14.3 Å². The third-order valence-electron chi connectivity index (χ3n) is 3.32. The van der Waals surface area contributed by atoms with Gasteiger partial charge in [0.05, 0.1) is 19.3 Å². The summed E-state index contributed by atoms with van der Waals surface area (Å²) in [5.74, 6) is 0.261. The minimum atomic E-state index is 0.261. The van der Waals surface area contributed by atoms with Gasteiger partial charge in [-0.3, -0.25) is 4.79 Å². The first kappa shape index (κ1) is 15.4. The molecule has 0 aromatic heterocycles. The third kappa shape index (κ3) is 5.83. The maximum Gasteiger partial charge on any atom is 0.222 e. The number of nitrogens with zero attached hydrogens (tertiary/aromatic N) is 1. The Morgan fingerprint density at radius 3 is 2.50 bits per heavy atom. The molecule has 0 N–H and O–H groups in total. The van der Waals surface area contributed by atoms with Crippen LogP contribution in [0.1, 0.15) is 46.0 Å². The van der Waals surface area contributed by atoms with Crippen LogP contribution in [0, 0.1) is 0 Å². The lowest BCUT2D eigenvalue weighted by Crippen LogP contribution is -2.40. The monoisotopic (exact) mass is 257 g/mol. The van der Waals surface area contributed by atoms with E-state index in [0.29, 0.717) is 25.7 Å². The summed E-state index contributed by atoms with van der Waals surface area (Å²) in [5.41, 5.74) is 0. The molecule has 0 aliphatic carbocycles. The fraction of sp³-hybridized carbons (Fsp3) is 0.929. The number of piperidine rings is 1. The highest BCUT2D eigenvalue weighted by Gasteiger charge is 2.21. The van der Waals surface area contributed by atoms with Crippen molar-refractivity contribution in [2.75, 3.05) is 32.9 Å². The average Bonchev–Trinajstić information content (AvgIpc) is 2.42. The molecule has 0 saturated carbocycles. The zero-order chi connectivity index (χ0) is 13.2. The Bertz CT molecular complexity index is 225. The molecule has 0 aromatic carbocycles. The lowest BCUT2D eigenvalue weighted by molar-refractivity contribution is -0.133. The fourth-order valence-corrected chi connectivity index (χ4v) is 2.12. The lowest BCUT2D eigenvalue weighted by atomic mass is 10.1. The summed E-state index contributed by atoms with van der Waals surface area (Å²) in [7, 11) is 0. The first-order chi connectivity index (χ1) is 8.77. The Hall–Kier alpha value is -0.610. The van der Waals surface area contributed by atoms with Crippen LogP contribution in [-0.4, -0.2) is 49.8 Å². The molecule has 106 valence electrons. The van der Waals surface area contributed by atoms with Crippen molar-refractivity contribution in [3.05, 3.63) is 0 Å². The van der Waals surface area contributed by atoms with Crippen LogP contribution >= 0.6 is 0 Å². The molecule has 0 radical (unpaired) electrons. The molecule has 4 nitrogen and oxygen atoms in total. The highest BCUT2D eigenvalue weighted by Crippen LogP contribution is 2.14. The molecule has 1 fully saturated rings. The van der Waals surface area contributed by atoms with Gasteiger partial charge >= 0.3 is 0 Å². The molecule has 0 bridgehead atoms. The molecule has 1 aliphatic heterocycles. The number of amides is 1. The van der Waals surface area contributed by atoms with Crippen LogP contribution in [0.5, 0.6) is 0 Å². The predicted octanol–water partition coefficient (Wildman–Crippen LogP) is 2.22. The van der Waals surface area contributed by atoms with E-state index in [9.17, 15) is 4.79 Å². The number of hydrogen-bond acceptors (Lipinski definition) is 3. The van der Waals surface area contributed by atoms with E-state index in [1.165, 1.54) is 6.42 Å². The minimum Gasteiger partial charge on any atom is -0.379 e.